The summed E-state index contributed by atoms with van der Waals surface area (Å²) in [5.41, 5.74) is -1.12. The highest BCUT2D eigenvalue weighted by Gasteiger charge is 2.60. The molecule has 2 amide bonds. The molecule has 1 N–H and O–H groups in total. The third-order valence-corrected chi connectivity index (χ3v) is 5.49. The first kappa shape index (κ1) is 24.6. The van der Waals surface area contributed by atoms with Crippen LogP contribution in [0.25, 0.3) is 0 Å². The topological polar surface area (TPSA) is 164 Å². The number of hydrogen-bond acceptors (Lipinski definition) is 10. The van der Waals surface area contributed by atoms with Crippen molar-refractivity contribution in [2.75, 3.05) is 6.61 Å². The number of rotatable bonds is 8. The second kappa shape index (κ2) is 10.4. The molecule has 0 saturated carbocycles. The molecule has 2 atom stereocenters. The van der Waals surface area contributed by atoms with Crippen LogP contribution in [0, 0.1) is 10.1 Å². The number of cyclic esters (lactones) is 1. The normalized spacial score (nSPS) is 21.1. The lowest BCUT2D eigenvalue weighted by atomic mass is 10.1. The predicted molar refractivity (Wildman–Crippen MR) is 117 cm³/mol. The van der Waals surface area contributed by atoms with Gasteiger partial charge in [-0.05, 0) is 23.3 Å². The van der Waals surface area contributed by atoms with Crippen LogP contribution in [-0.4, -0.2) is 52.3 Å². The zero-order valence-corrected chi connectivity index (χ0v) is 18.8. The molecule has 0 radical (unpaired) electrons. The molecule has 0 spiro atoms. The number of hydroxylamine groups is 2. The number of alkyl carbamates (subject to hydrolysis) is 1. The molecule has 4 rings (SSSR count). The number of amides is 2. The zero-order chi connectivity index (χ0) is 25.7. The summed E-state index contributed by atoms with van der Waals surface area (Å²) in [5, 5.41) is 13.8. The van der Waals surface area contributed by atoms with Gasteiger partial charge in [0.05, 0.1) is 11.3 Å². The molecule has 0 aliphatic carbocycles. The van der Waals surface area contributed by atoms with Crippen LogP contribution >= 0.6 is 0 Å². The number of non-ortho nitro benzene ring substituents is 1. The van der Waals surface area contributed by atoms with Gasteiger partial charge in [0.15, 0.2) is 0 Å². The number of benzene rings is 2. The molecule has 2 fully saturated rings. The molecule has 2 saturated heterocycles. The van der Waals surface area contributed by atoms with Crippen LogP contribution in [0.4, 0.5) is 10.5 Å². The van der Waals surface area contributed by atoms with Crippen molar-refractivity contribution in [3.05, 3.63) is 75.8 Å². The quantitative estimate of drug-likeness (QED) is 0.245. The lowest BCUT2D eigenvalue weighted by Gasteiger charge is -2.32. The fourth-order valence-electron chi connectivity index (χ4n) is 3.63. The van der Waals surface area contributed by atoms with Crippen molar-refractivity contribution >= 4 is 29.6 Å². The molecular weight excluding hydrogens is 478 g/mol. The van der Waals surface area contributed by atoms with Gasteiger partial charge in [0.2, 0.25) is 0 Å². The molecule has 2 heterocycles. The van der Waals surface area contributed by atoms with Gasteiger partial charge in [-0.15, -0.1) is 0 Å². The maximum Gasteiger partial charge on any atom is 0.408 e. The van der Waals surface area contributed by atoms with E-state index >= 15 is 0 Å². The Balaban J connectivity index is 1.38. The molecule has 2 aromatic rings. The first-order valence-corrected chi connectivity index (χ1v) is 10.8. The van der Waals surface area contributed by atoms with Gasteiger partial charge in [-0.2, -0.15) is 5.06 Å². The SMILES string of the molecule is O=C1CCC(C(=O)OCc2ccc([N+](=O)[O-])cc2)(N2OC[C@H](NC(=O)OCc3ccccc3)C2=O)O1. The number of nitrogens with one attached hydrogen (secondary N) is 1. The van der Waals surface area contributed by atoms with Gasteiger partial charge < -0.3 is 19.5 Å². The Kier molecular flexibility index (Phi) is 7.10. The summed E-state index contributed by atoms with van der Waals surface area (Å²) in [6.45, 7) is -0.644. The summed E-state index contributed by atoms with van der Waals surface area (Å²) < 4.78 is 15.6. The Labute approximate surface area is 204 Å². The average molecular weight is 499 g/mol. The molecule has 2 aromatic carbocycles. The molecule has 188 valence electrons. The summed E-state index contributed by atoms with van der Waals surface area (Å²) in [6, 6.07) is 13.0. The van der Waals surface area contributed by atoms with Crippen LogP contribution in [0.1, 0.15) is 24.0 Å². The summed E-state index contributed by atoms with van der Waals surface area (Å²) in [7, 11) is 0. The second-order valence-electron chi connectivity index (χ2n) is 7.95. The van der Waals surface area contributed by atoms with E-state index in [1.807, 2.05) is 6.07 Å². The van der Waals surface area contributed by atoms with Crippen molar-refractivity contribution in [2.45, 2.75) is 37.8 Å². The van der Waals surface area contributed by atoms with E-state index in [0.29, 0.717) is 10.6 Å². The standard InChI is InChI=1S/C23H21N3O10/c27-19-10-11-23(36-19,21(29)33-12-16-6-8-17(9-7-16)26(31)32)25-20(28)18(14-35-25)24-22(30)34-13-15-4-2-1-3-5-15/h1-9,18H,10-14H2,(H,24,30)/t18-,23?/m0/s1. The van der Waals surface area contributed by atoms with Gasteiger partial charge in [-0.1, -0.05) is 30.3 Å². The number of esters is 2. The average Bonchev–Trinajstić information content (AvgIpc) is 3.45. The Morgan fingerprint density at radius 3 is 2.36 bits per heavy atom. The largest absolute Gasteiger partial charge is 0.456 e. The summed E-state index contributed by atoms with van der Waals surface area (Å²) >= 11 is 0. The van der Waals surface area contributed by atoms with Gasteiger partial charge in [-0.3, -0.25) is 24.5 Å². The number of nitro groups is 1. The third kappa shape index (κ3) is 5.25. The smallest absolute Gasteiger partial charge is 0.408 e. The number of ether oxygens (including phenoxy) is 3. The van der Waals surface area contributed by atoms with E-state index in [0.717, 1.165) is 5.56 Å². The first-order chi connectivity index (χ1) is 17.3. The minimum absolute atomic E-state index is 0.0192. The van der Waals surface area contributed by atoms with Crippen LogP contribution in [-0.2, 0) is 46.6 Å². The lowest BCUT2D eigenvalue weighted by Crippen LogP contribution is -2.57. The monoisotopic (exact) mass is 499 g/mol. The Morgan fingerprint density at radius 1 is 1.06 bits per heavy atom. The maximum atomic E-state index is 13.0. The van der Waals surface area contributed by atoms with E-state index in [2.05, 4.69) is 5.32 Å². The molecule has 13 heteroatoms. The highest BCUT2D eigenvalue weighted by molar-refractivity contribution is 5.94. The minimum atomic E-state index is -2.17. The Hall–Kier alpha value is -4.52. The van der Waals surface area contributed by atoms with Crippen LogP contribution in [0.2, 0.25) is 0 Å². The maximum absolute atomic E-state index is 13.0. The third-order valence-electron chi connectivity index (χ3n) is 5.49. The number of carbonyl (C=O) groups excluding carboxylic acids is 4. The predicted octanol–water partition coefficient (Wildman–Crippen LogP) is 1.74. The van der Waals surface area contributed by atoms with Crippen molar-refractivity contribution in [2.24, 2.45) is 0 Å². The number of nitrogens with zero attached hydrogens (tertiary/aromatic N) is 2. The lowest BCUT2D eigenvalue weighted by molar-refractivity contribution is -0.384. The number of nitro benzene ring substituents is 1. The van der Waals surface area contributed by atoms with Gasteiger partial charge >= 0.3 is 23.8 Å². The van der Waals surface area contributed by atoms with Crippen LogP contribution in [0.15, 0.2) is 54.6 Å². The number of hydrogen-bond donors (Lipinski definition) is 1. The van der Waals surface area contributed by atoms with Crippen molar-refractivity contribution in [1.29, 1.82) is 0 Å². The van der Waals surface area contributed by atoms with Gasteiger partial charge in [-0.25, -0.2) is 9.59 Å². The summed E-state index contributed by atoms with van der Waals surface area (Å²) in [6.07, 6.45) is -1.26. The van der Waals surface area contributed by atoms with E-state index < -0.39 is 40.6 Å². The molecule has 2 aliphatic rings. The fraction of sp³-hybridized carbons (Fsp3) is 0.304. The Morgan fingerprint density at radius 2 is 1.72 bits per heavy atom. The van der Waals surface area contributed by atoms with E-state index in [1.54, 1.807) is 24.3 Å². The van der Waals surface area contributed by atoms with Gasteiger partial charge in [0, 0.05) is 18.6 Å². The molecule has 36 heavy (non-hydrogen) atoms. The highest BCUT2D eigenvalue weighted by Crippen LogP contribution is 2.35. The van der Waals surface area contributed by atoms with E-state index in [1.165, 1.54) is 24.3 Å². The van der Waals surface area contributed by atoms with Crippen LogP contribution in [0.3, 0.4) is 0 Å². The molecule has 1 unspecified atom stereocenters. The number of carbonyl (C=O) groups is 4. The highest BCUT2D eigenvalue weighted by atomic mass is 16.8. The second-order valence-corrected chi connectivity index (χ2v) is 7.95. The minimum Gasteiger partial charge on any atom is -0.456 e. The fourth-order valence-corrected chi connectivity index (χ4v) is 3.63. The summed E-state index contributed by atoms with van der Waals surface area (Å²) in [4.78, 5) is 65.6. The molecule has 0 aromatic heterocycles. The van der Waals surface area contributed by atoms with Gasteiger partial charge in [0.1, 0.15) is 25.9 Å². The van der Waals surface area contributed by atoms with Crippen molar-refractivity contribution < 1.29 is 43.1 Å². The summed E-state index contributed by atoms with van der Waals surface area (Å²) in [5.74, 6) is -2.63. The molecule has 13 nitrogen and oxygen atoms in total. The van der Waals surface area contributed by atoms with E-state index in [9.17, 15) is 29.3 Å². The molecule has 2 aliphatic heterocycles. The van der Waals surface area contributed by atoms with Crippen molar-refractivity contribution in [1.82, 2.24) is 10.4 Å². The van der Waals surface area contributed by atoms with Crippen molar-refractivity contribution in [3.63, 3.8) is 0 Å². The zero-order valence-electron chi connectivity index (χ0n) is 18.8. The van der Waals surface area contributed by atoms with Gasteiger partial charge in [0.25, 0.3) is 11.6 Å². The molecule has 0 bridgehead atoms. The van der Waals surface area contributed by atoms with Crippen LogP contribution in [0.5, 0.6) is 0 Å². The van der Waals surface area contributed by atoms with E-state index in [4.69, 9.17) is 19.0 Å². The van der Waals surface area contributed by atoms with Crippen molar-refractivity contribution in [3.8, 4) is 0 Å². The molecular formula is C23H21N3O10. The first-order valence-electron chi connectivity index (χ1n) is 10.8. The van der Waals surface area contributed by atoms with E-state index in [-0.39, 0.29) is 38.3 Å². The Bertz CT molecular complexity index is 1170. The van der Waals surface area contributed by atoms with Crippen LogP contribution < -0.4 is 5.32 Å².